The Kier molecular flexibility index (Phi) is 5.49. The average Bonchev–Trinajstić information content (AvgIpc) is 2.43. The lowest BCUT2D eigenvalue weighted by atomic mass is 9.86. The molecule has 20 heavy (non-hydrogen) atoms. The second-order valence-electron chi connectivity index (χ2n) is 7.42. The van der Waals surface area contributed by atoms with E-state index in [4.69, 9.17) is 9.47 Å². The Bertz CT molecular complexity index is 277. The topological polar surface area (TPSA) is 21.7 Å². The van der Waals surface area contributed by atoms with Gasteiger partial charge in [-0.1, -0.05) is 27.7 Å². The molecule has 3 nitrogen and oxygen atoms in total. The highest BCUT2D eigenvalue weighted by atomic mass is 16.7. The van der Waals surface area contributed by atoms with Crippen LogP contribution in [0.2, 0.25) is 0 Å². The standard InChI is InChI=1S/C17H33NO2/c1-5-11-18(12-6-2)15-7-9-17(10-8-15)19-13-16(3,4)14-20-17/h15H,5-14H2,1-4H3. The first kappa shape index (κ1) is 16.3. The number of rotatable bonds is 5. The molecule has 0 aromatic heterocycles. The van der Waals surface area contributed by atoms with E-state index in [9.17, 15) is 0 Å². The second kappa shape index (κ2) is 6.76. The van der Waals surface area contributed by atoms with Crippen molar-refractivity contribution in [2.24, 2.45) is 5.41 Å². The Morgan fingerprint density at radius 2 is 1.45 bits per heavy atom. The summed E-state index contributed by atoms with van der Waals surface area (Å²) in [4.78, 5) is 2.68. The maximum absolute atomic E-state index is 6.13. The third-order valence-electron chi connectivity index (χ3n) is 4.71. The van der Waals surface area contributed by atoms with Gasteiger partial charge in [0, 0.05) is 24.3 Å². The maximum atomic E-state index is 6.13. The minimum atomic E-state index is -0.254. The van der Waals surface area contributed by atoms with Gasteiger partial charge in [0.05, 0.1) is 13.2 Å². The fourth-order valence-corrected chi connectivity index (χ4v) is 3.48. The first-order valence-electron chi connectivity index (χ1n) is 8.52. The van der Waals surface area contributed by atoms with Crippen molar-refractivity contribution >= 4 is 0 Å². The van der Waals surface area contributed by atoms with Crippen molar-refractivity contribution in [2.45, 2.75) is 78.0 Å². The zero-order valence-electron chi connectivity index (χ0n) is 13.9. The zero-order valence-corrected chi connectivity index (χ0v) is 13.9. The first-order chi connectivity index (χ1) is 9.50. The normalized spacial score (nSPS) is 26.2. The van der Waals surface area contributed by atoms with Gasteiger partial charge >= 0.3 is 0 Å². The predicted molar refractivity (Wildman–Crippen MR) is 82.8 cm³/mol. The third kappa shape index (κ3) is 3.96. The molecular formula is C17H33NO2. The minimum absolute atomic E-state index is 0.179. The molecule has 2 fully saturated rings. The number of hydrogen-bond donors (Lipinski definition) is 0. The minimum Gasteiger partial charge on any atom is -0.349 e. The molecule has 0 aromatic rings. The average molecular weight is 283 g/mol. The molecule has 1 aliphatic heterocycles. The molecule has 1 spiro atoms. The lowest BCUT2D eigenvalue weighted by molar-refractivity contribution is -0.312. The molecule has 3 heteroatoms. The van der Waals surface area contributed by atoms with E-state index >= 15 is 0 Å². The molecule has 0 atom stereocenters. The molecule has 0 aromatic carbocycles. The van der Waals surface area contributed by atoms with E-state index in [1.807, 2.05) is 0 Å². The molecule has 118 valence electrons. The van der Waals surface area contributed by atoms with Crippen LogP contribution < -0.4 is 0 Å². The molecule has 2 aliphatic rings. The van der Waals surface area contributed by atoms with E-state index < -0.39 is 0 Å². The van der Waals surface area contributed by atoms with Crippen LogP contribution in [0.3, 0.4) is 0 Å². The van der Waals surface area contributed by atoms with Crippen molar-refractivity contribution in [2.75, 3.05) is 26.3 Å². The number of hydrogen-bond acceptors (Lipinski definition) is 3. The smallest absolute Gasteiger partial charge is 0.168 e. The molecule has 0 bridgehead atoms. The van der Waals surface area contributed by atoms with Crippen LogP contribution in [-0.2, 0) is 9.47 Å². The van der Waals surface area contributed by atoms with Crippen LogP contribution in [-0.4, -0.2) is 43.0 Å². The highest BCUT2D eigenvalue weighted by Gasteiger charge is 2.43. The Hall–Kier alpha value is -0.120. The molecule has 0 radical (unpaired) electrons. The summed E-state index contributed by atoms with van der Waals surface area (Å²) in [5, 5.41) is 0. The molecule has 1 heterocycles. The van der Waals surface area contributed by atoms with E-state index in [2.05, 4.69) is 32.6 Å². The molecule has 1 aliphatic carbocycles. The lowest BCUT2D eigenvalue weighted by Crippen LogP contribution is -2.52. The molecule has 0 amide bonds. The van der Waals surface area contributed by atoms with Crippen LogP contribution in [0.25, 0.3) is 0 Å². The monoisotopic (exact) mass is 283 g/mol. The van der Waals surface area contributed by atoms with Gasteiger partial charge in [0.1, 0.15) is 0 Å². The van der Waals surface area contributed by atoms with Crippen LogP contribution in [0.1, 0.15) is 66.2 Å². The summed E-state index contributed by atoms with van der Waals surface area (Å²) in [6, 6.07) is 0.739. The van der Waals surface area contributed by atoms with Crippen LogP contribution in [0.4, 0.5) is 0 Å². The fraction of sp³-hybridized carbons (Fsp3) is 1.00. The van der Waals surface area contributed by atoms with Gasteiger partial charge in [0.15, 0.2) is 5.79 Å². The Morgan fingerprint density at radius 3 is 1.90 bits per heavy atom. The summed E-state index contributed by atoms with van der Waals surface area (Å²) >= 11 is 0. The maximum Gasteiger partial charge on any atom is 0.168 e. The summed E-state index contributed by atoms with van der Waals surface area (Å²) < 4.78 is 12.3. The van der Waals surface area contributed by atoms with Crippen molar-refractivity contribution in [3.63, 3.8) is 0 Å². The van der Waals surface area contributed by atoms with Gasteiger partial charge in [-0.25, -0.2) is 0 Å². The summed E-state index contributed by atoms with van der Waals surface area (Å²) in [6.07, 6.45) is 7.09. The molecule has 0 N–H and O–H groups in total. The Labute approximate surface area is 125 Å². The SMILES string of the molecule is CCCN(CCC)C1CCC2(CC1)OCC(C)(C)CO2. The van der Waals surface area contributed by atoms with E-state index in [1.165, 1.54) is 38.8 Å². The van der Waals surface area contributed by atoms with E-state index in [0.717, 1.165) is 32.1 Å². The van der Waals surface area contributed by atoms with Crippen molar-refractivity contribution in [3.8, 4) is 0 Å². The van der Waals surface area contributed by atoms with Crippen LogP contribution in [0.15, 0.2) is 0 Å². The van der Waals surface area contributed by atoms with E-state index in [1.54, 1.807) is 0 Å². The second-order valence-corrected chi connectivity index (χ2v) is 7.42. The van der Waals surface area contributed by atoms with Crippen LogP contribution in [0.5, 0.6) is 0 Å². The van der Waals surface area contributed by atoms with E-state index in [0.29, 0.717) is 0 Å². The number of nitrogens with zero attached hydrogens (tertiary/aromatic N) is 1. The third-order valence-corrected chi connectivity index (χ3v) is 4.71. The first-order valence-corrected chi connectivity index (χ1v) is 8.52. The number of ether oxygens (including phenoxy) is 2. The largest absolute Gasteiger partial charge is 0.349 e. The highest BCUT2D eigenvalue weighted by molar-refractivity contribution is 4.88. The summed E-state index contributed by atoms with van der Waals surface area (Å²) in [7, 11) is 0. The predicted octanol–water partition coefficient (Wildman–Crippen LogP) is 3.82. The van der Waals surface area contributed by atoms with Crippen molar-refractivity contribution in [1.29, 1.82) is 0 Å². The van der Waals surface area contributed by atoms with Gasteiger partial charge in [-0.05, 0) is 38.8 Å². The zero-order chi connectivity index (χ0) is 14.6. The molecule has 0 unspecified atom stereocenters. The quantitative estimate of drug-likeness (QED) is 0.765. The van der Waals surface area contributed by atoms with Crippen LogP contribution >= 0.6 is 0 Å². The van der Waals surface area contributed by atoms with Gasteiger partial charge in [-0.15, -0.1) is 0 Å². The summed E-state index contributed by atoms with van der Waals surface area (Å²) in [6.45, 7) is 13.1. The van der Waals surface area contributed by atoms with Crippen molar-refractivity contribution in [1.82, 2.24) is 4.90 Å². The summed E-state index contributed by atoms with van der Waals surface area (Å²) in [5.74, 6) is -0.254. The van der Waals surface area contributed by atoms with Gasteiger partial charge in [0.2, 0.25) is 0 Å². The molecule has 2 rings (SSSR count). The van der Waals surface area contributed by atoms with Crippen molar-refractivity contribution < 1.29 is 9.47 Å². The molecule has 1 saturated carbocycles. The van der Waals surface area contributed by atoms with Gasteiger partial charge in [-0.3, -0.25) is 0 Å². The van der Waals surface area contributed by atoms with Crippen molar-refractivity contribution in [3.05, 3.63) is 0 Å². The van der Waals surface area contributed by atoms with Gasteiger partial charge < -0.3 is 14.4 Å². The Balaban J connectivity index is 1.85. The van der Waals surface area contributed by atoms with Gasteiger partial charge in [0.25, 0.3) is 0 Å². The van der Waals surface area contributed by atoms with Gasteiger partial charge in [-0.2, -0.15) is 0 Å². The van der Waals surface area contributed by atoms with E-state index in [-0.39, 0.29) is 11.2 Å². The molecule has 1 saturated heterocycles. The lowest BCUT2D eigenvalue weighted by Gasteiger charge is -2.48. The Morgan fingerprint density at radius 1 is 0.950 bits per heavy atom. The summed E-state index contributed by atoms with van der Waals surface area (Å²) in [5.41, 5.74) is 0.179. The fourth-order valence-electron chi connectivity index (χ4n) is 3.48. The van der Waals surface area contributed by atoms with Crippen LogP contribution in [0, 0.1) is 5.41 Å². The highest BCUT2D eigenvalue weighted by Crippen LogP contribution is 2.40. The molecular weight excluding hydrogens is 250 g/mol.